The molecule has 37 heavy (non-hydrogen) atoms. The van der Waals surface area contributed by atoms with Crippen molar-refractivity contribution in [3.8, 4) is 11.3 Å². The summed E-state index contributed by atoms with van der Waals surface area (Å²) in [7, 11) is 0. The Bertz CT molecular complexity index is 1380. The largest absolute Gasteiger partial charge is 0.325 e. The number of hydrogen-bond acceptors (Lipinski definition) is 7. The number of hydrogen-bond donors (Lipinski definition) is 1. The van der Waals surface area contributed by atoms with Gasteiger partial charge < -0.3 is 14.8 Å². The molecule has 0 amide bonds. The summed E-state index contributed by atoms with van der Waals surface area (Å²) in [4.78, 5) is 23.6. The lowest BCUT2D eigenvalue weighted by Gasteiger charge is -2.33. The van der Waals surface area contributed by atoms with Gasteiger partial charge in [-0.2, -0.15) is 0 Å². The number of pyridine rings is 1. The number of imidazole rings is 1. The van der Waals surface area contributed by atoms with Crippen LogP contribution in [0.4, 0.5) is 11.6 Å². The highest BCUT2D eigenvalue weighted by Gasteiger charge is 2.24. The molecule has 0 radical (unpaired) electrons. The highest BCUT2D eigenvalue weighted by molar-refractivity contribution is 5.85. The van der Waals surface area contributed by atoms with E-state index in [1.54, 1.807) is 6.33 Å². The fraction of sp³-hybridized carbons (Fsp3) is 0.448. The Balaban J connectivity index is 1.18. The summed E-state index contributed by atoms with van der Waals surface area (Å²) in [6.07, 6.45) is 7.36. The second kappa shape index (κ2) is 10.2. The lowest BCUT2D eigenvalue weighted by atomic mass is 9.92. The SMILES string of the molecule is CCN1CCN(Cc2ccc(Nc3cc(-c4cc(C)c5nc(C)n(C6CCC6)c5c4)ncn3)nc2)CC1. The van der Waals surface area contributed by atoms with Crippen LogP contribution in [0.2, 0.25) is 0 Å². The molecule has 8 heteroatoms. The molecule has 2 fully saturated rings. The lowest BCUT2D eigenvalue weighted by molar-refractivity contribution is 0.132. The van der Waals surface area contributed by atoms with Crippen LogP contribution in [0, 0.1) is 13.8 Å². The van der Waals surface area contributed by atoms with Gasteiger partial charge in [-0.25, -0.2) is 19.9 Å². The number of aryl methyl sites for hydroxylation is 2. The van der Waals surface area contributed by atoms with Crippen molar-refractivity contribution in [2.45, 2.75) is 52.6 Å². The zero-order chi connectivity index (χ0) is 25.4. The van der Waals surface area contributed by atoms with Gasteiger partial charge in [-0.3, -0.25) is 4.90 Å². The first kappa shape index (κ1) is 24.0. The third kappa shape index (κ3) is 4.95. The van der Waals surface area contributed by atoms with Crippen LogP contribution in [0.25, 0.3) is 22.3 Å². The number of benzene rings is 1. The van der Waals surface area contributed by atoms with E-state index < -0.39 is 0 Å². The molecule has 6 rings (SSSR count). The Morgan fingerprint density at radius 3 is 2.43 bits per heavy atom. The fourth-order valence-corrected chi connectivity index (χ4v) is 5.56. The van der Waals surface area contributed by atoms with Gasteiger partial charge in [-0.1, -0.05) is 13.0 Å². The lowest BCUT2D eigenvalue weighted by Crippen LogP contribution is -2.45. The topological polar surface area (TPSA) is 75.0 Å². The average Bonchev–Trinajstić information content (AvgIpc) is 3.21. The van der Waals surface area contributed by atoms with Crippen LogP contribution >= 0.6 is 0 Å². The van der Waals surface area contributed by atoms with Gasteiger partial charge in [-0.15, -0.1) is 0 Å². The first-order valence-electron chi connectivity index (χ1n) is 13.6. The Hall–Kier alpha value is -3.36. The van der Waals surface area contributed by atoms with Crippen molar-refractivity contribution in [2.75, 3.05) is 38.0 Å². The van der Waals surface area contributed by atoms with Gasteiger partial charge in [0.25, 0.3) is 0 Å². The molecular formula is C29H36N8. The van der Waals surface area contributed by atoms with Gasteiger partial charge in [-0.05, 0) is 69.0 Å². The summed E-state index contributed by atoms with van der Waals surface area (Å²) in [5.41, 5.74) is 6.69. The summed E-state index contributed by atoms with van der Waals surface area (Å²) < 4.78 is 2.42. The van der Waals surface area contributed by atoms with Crippen molar-refractivity contribution in [1.82, 2.24) is 34.3 Å². The van der Waals surface area contributed by atoms with Gasteiger partial charge in [0.1, 0.15) is 23.8 Å². The Morgan fingerprint density at radius 1 is 0.919 bits per heavy atom. The van der Waals surface area contributed by atoms with Gasteiger partial charge >= 0.3 is 0 Å². The number of piperazine rings is 1. The maximum absolute atomic E-state index is 4.88. The van der Waals surface area contributed by atoms with E-state index in [0.29, 0.717) is 6.04 Å². The first-order valence-corrected chi connectivity index (χ1v) is 13.6. The number of fused-ring (bicyclic) bond motifs is 1. The number of likely N-dealkylation sites (N-methyl/N-ethyl adjacent to an activating group) is 1. The van der Waals surface area contributed by atoms with Crippen LogP contribution < -0.4 is 5.32 Å². The molecule has 1 aliphatic carbocycles. The number of anilines is 2. The van der Waals surface area contributed by atoms with E-state index >= 15 is 0 Å². The second-order valence-electron chi connectivity index (χ2n) is 10.5. The highest BCUT2D eigenvalue weighted by Crippen LogP contribution is 2.37. The van der Waals surface area contributed by atoms with Crippen molar-refractivity contribution in [1.29, 1.82) is 0 Å². The molecule has 3 aromatic heterocycles. The summed E-state index contributed by atoms with van der Waals surface area (Å²) in [6.45, 7) is 13.1. The van der Waals surface area contributed by atoms with Gasteiger partial charge in [0.15, 0.2) is 0 Å². The standard InChI is InChI=1S/C29H36N8/c1-4-35-10-12-36(13-11-35)18-22-8-9-27(30-17-22)34-28-16-25(31-19-32-28)23-14-20(2)29-26(15-23)37(21(3)33-29)24-6-5-7-24/h8-9,14-17,19,24H,4-7,10-13,18H2,1-3H3,(H,30,31,32,34). The van der Waals surface area contributed by atoms with Crippen LogP contribution in [-0.2, 0) is 6.54 Å². The summed E-state index contributed by atoms with van der Waals surface area (Å²) in [5, 5.41) is 3.36. The smallest absolute Gasteiger partial charge is 0.135 e. The average molecular weight is 497 g/mol. The van der Waals surface area contributed by atoms with E-state index in [4.69, 9.17) is 4.98 Å². The Morgan fingerprint density at radius 2 is 1.73 bits per heavy atom. The molecule has 192 valence electrons. The van der Waals surface area contributed by atoms with E-state index in [9.17, 15) is 0 Å². The predicted octanol–water partition coefficient (Wildman–Crippen LogP) is 5.11. The molecule has 4 aromatic rings. The molecule has 1 aromatic carbocycles. The number of nitrogens with zero attached hydrogens (tertiary/aromatic N) is 7. The third-order valence-electron chi connectivity index (χ3n) is 7.96. The Kier molecular flexibility index (Phi) is 6.61. The molecule has 1 saturated carbocycles. The molecule has 8 nitrogen and oxygen atoms in total. The summed E-state index contributed by atoms with van der Waals surface area (Å²) >= 11 is 0. The Labute approximate surface area is 218 Å². The maximum atomic E-state index is 4.88. The van der Waals surface area contributed by atoms with E-state index in [1.165, 1.54) is 35.9 Å². The first-order chi connectivity index (χ1) is 18.1. The van der Waals surface area contributed by atoms with Gasteiger partial charge in [0.2, 0.25) is 0 Å². The summed E-state index contributed by atoms with van der Waals surface area (Å²) in [6, 6.07) is 11.2. The van der Waals surface area contributed by atoms with Gasteiger partial charge in [0, 0.05) is 56.6 Å². The monoisotopic (exact) mass is 496 g/mol. The molecule has 1 aliphatic heterocycles. The zero-order valence-corrected chi connectivity index (χ0v) is 22.1. The van der Waals surface area contributed by atoms with Crippen molar-refractivity contribution in [2.24, 2.45) is 0 Å². The van der Waals surface area contributed by atoms with Crippen LogP contribution in [0.15, 0.2) is 42.9 Å². The molecular weight excluding hydrogens is 460 g/mol. The van der Waals surface area contributed by atoms with E-state index in [1.807, 2.05) is 18.3 Å². The fourth-order valence-electron chi connectivity index (χ4n) is 5.56. The quantitative estimate of drug-likeness (QED) is 0.381. The predicted molar refractivity (Wildman–Crippen MR) is 148 cm³/mol. The number of aromatic nitrogens is 5. The molecule has 0 bridgehead atoms. The molecule has 0 spiro atoms. The molecule has 4 heterocycles. The van der Waals surface area contributed by atoms with Crippen molar-refractivity contribution in [3.05, 3.63) is 59.8 Å². The third-order valence-corrected chi connectivity index (χ3v) is 7.96. The van der Waals surface area contributed by atoms with Crippen LogP contribution in [0.1, 0.15) is 49.2 Å². The second-order valence-corrected chi connectivity index (χ2v) is 10.5. The van der Waals surface area contributed by atoms with E-state index in [0.717, 1.165) is 73.5 Å². The van der Waals surface area contributed by atoms with Crippen molar-refractivity contribution < 1.29 is 0 Å². The minimum Gasteiger partial charge on any atom is -0.325 e. The normalized spacial score (nSPS) is 17.3. The van der Waals surface area contributed by atoms with E-state index in [2.05, 4.69) is 73.6 Å². The van der Waals surface area contributed by atoms with Crippen molar-refractivity contribution in [3.63, 3.8) is 0 Å². The van der Waals surface area contributed by atoms with Crippen LogP contribution in [0.5, 0.6) is 0 Å². The molecule has 1 N–H and O–H groups in total. The summed E-state index contributed by atoms with van der Waals surface area (Å²) in [5.74, 6) is 2.62. The molecule has 0 unspecified atom stereocenters. The van der Waals surface area contributed by atoms with Crippen molar-refractivity contribution >= 4 is 22.7 Å². The minimum absolute atomic E-state index is 0.567. The molecule has 1 saturated heterocycles. The minimum atomic E-state index is 0.567. The highest BCUT2D eigenvalue weighted by atomic mass is 15.3. The number of nitrogens with one attached hydrogen (secondary N) is 1. The maximum Gasteiger partial charge on any atom is 0.135 e. The van der Waals surface area contributed by atoms with Gasteiger partial charge in [0.05, 0.1) is 16.7 Å². The zero-order valence-electron chi connectivity index (χ0n) is 22.1. The number of rotatable bonds is 7. The molecule has 0 atom stereocenters. The molecule has 2 aliphatic rings. The van der Waals surface area contributed by atoms with Crippen LogP contribution in [0.3, 0.4) is 0 Å². The van der Waals surface area contributed by atoms with Crippen LogP contribution in [-0.4, -0.2) is 67.0 Å². The van der Waals surface area contributed by atoms with E-state index in [-0.39, 0.29) is 0 Å².